The van der Waals surface area contributed by atoms with Crippen molar-refractivity contribution in [1.82, 2.24) is 15.0 Å². The number of rotatable bonds is 6. The van der Waals surface area contributed by atoms with Crippen molar-refractivity contribution in [3.05, 3.63) is 70.1 Å². The highest BCUT2D eigenvalue weighted by Gasteiger charge is 2.32. The van der Waals surface area contributed by atoms with Crippen molar-refractivity contribution in [3.63, 3.8) is 0 Å². The molecule has 38 heavy (non-hydrogen) atoms. The number of halogens is 2. The van der Waals surface area contributed by atoms with Crippen LogP contribution in [0.4, 0.5) is 17.3 Å². The third-order valence-electron chi connectivity index (χ3n) is 7.34. The Morgan fingerprint density at radius 1 is 1.00 bits per heavy atom. The monoisotopic (exact) mass is 546 g/mol. The van der Waals surface area contributed by atoms with Crippen LogP contribution in [-0.4, -0.2) is 39.9 Å². The van der Waals surface area contributed by atoms with Crippen LogP contribution in [0.25, 0.3) is 22.0 Å². The molecule has 0 radical (unpaired) electrons. The van der Waals surface area contributed by atoms with E-state index in [0.29, 0.717) is 32.9 Å². The highest BCUT2D eigenvalue weighted by atomic mass is 35.5. The normalized spacial score (nSPS) is 17.6. The number of carbonyl (C=O) groups excluding carboxylic acids is 1. The van der Waals surface area contributed by atoms with Gasteiger partial charge in [0.05, 0.1) is 34.8 Å². The topological polar surface area (TPSA) is 97.0 Å². The van der Waals surface area contributed by atoms with E-state index in [1.807, 2.05) is 37.3 Å². The van der Waals surface area contributed by atoms with Gasteiger partial charge in [0, 0.05) is 46.7 Å². The van der Waals surface area contributed by atoms with Gasteiger partial charge in [-0.1, -0.05) is 29.3 Å². The molecule has 7 nitrogen and oxygen atoms in total. The van der Waals surface area contributed by atoms with Crippen LogP contribution in [0.2, 0.25) is 10.0 Å². The average molecular weight is 547 g/mol. The van der Waals surface area contributed by atoms with E-state index in [9.17, 15) is 4.79 Å². The van der Waals surface area contributed by atoms with Gasteiger partial charge in [-0.25, -0.2) is 9.97 Å². The lowest BCUT2D eigenvalue weighted by molar-refractivity contribution is 0.0968. The number of pyridine rings is 1. The summed E-state index contributed by atoms with van der Waals surface area (Å²) in [6.45, 7) is 3.53. The Morgan fingerprint density at radius 3 is 2.42 bits per heavy atom. The maximum Gasteiger partial charge on any atom is 0.225 e. The van der Waals surface area contributed by atoms with E-state index in [4.69, 9.17) is 28.9 Å². The zero-order valence-corrected chi connectivity index (χ0v) is 22.6. The predicted molar refractivity (Wildman–Crippen MR) is 154 cm³/mol. The minimum absolute atomic E-state index is 0.0506. The van der Waals surface area contributed by atoms with E-state index in [2.05, 4.69) is 25.2 Å². The summed E-state index contributed by atoms with van der Waals surface area (Å²) in [6, 6.07) is 9.90. The SMILES string of the molecule is Cc1c(Cl)cc(-c2ccc3ncc(C(=O)C4CC4)c(Nc4cnc(N5CCCC(N)C5)nc4)c3c2)cc1Cl. The van der Waals surface area contributed by atoms with Crippen molar-refractivity contribution in [3.8, 4) is 11.1 Å². The van der Waals surface area contributed by atoms with Crippen LogP contribution in [-0.2, 0) is 0 Å². The lowest BCUT2D eigenvalue weighted by Crippen LogP contribution is -2.43. The highest BCUT2D eigenvalue weighted by molar-refractivity contribution is 6.36. The number of piperidine rings is 1. The summed E-state index contributed by atoms with van der Waals surface area (Å²) in [5.74, 6) is 0.818. The first-order chi connectivity index (χ1) is 18.4. The van der Waals surface area contributed by atoms with Gasteiger partial charge in [0.25, 0.3) is 0 Å². The van der Waals surface area contributed by atoms with Gasteiger partial charge >= 0.3 is 0 Å². The van der Waals surface area contributed by atoms with Crippen molar-refractivity contribution in [2.45, 2.75) is 38.6 Å². The Morgan fingerprint density at radius 2 is 1.74 bits per heavy atom. The first-order valence-corrected chi connectivity index (χ1v) is 13.7. The van der Waals surface area contributed by atoms with Crippen molar-refractivity contribution in [2.75, 3.05) is 23.3 Å². The van der Waals surface area contributed by atoms with Crippen LogP contribution in [0, 0.1) is 12.8 Å². The lowest BCUT2D eigenvalue weighted by atomic mass is 9.98. The smallest absolute Gasteiger partial charge is 0.225 e. The van der Waals surface area contributed by atoms with Gasteiger partial charge in [-0.15, -0.1) is 0 Å². The molecule has 0 amide bonds. The van der Waals surface area contributed by atoms with Crippen LogP contribution in [0.15, 0.2) is 48.9 Å². The van der Waals surface area contributed by atoms with E-state index in [0.717, 1.165) is 66.4 Å². The van der Waals surface area contributed by atoms with Crippen LogP contribution >= 0.6 is 23.2 Å². The molecule has 2 aliphatic rings. The number of nitrogens with zero attached hydrogens (tertiary/aromatic N) is 4. The van der Waals surface area contributed by atoms with E-state index in [1.165, 1.54) is 0 Å². The maximum atomic E-state index is 13.3. The minimum Gasteiger partial charge on any atom is -0.352 e. The third kappa shape index (κ3) is 4.94. The Bertz CT molecular complexity index is 1510. The maximum absolute atomic E-state index is 13.3. The number of ketones is 1. The second-order valence-corrected chi connectivity index (χ2v) is 11.0. The van der Waals surface area contributed by atoms with Gasteiger partial charge in [-0.05, 0) is 73.6 Å². The number of fused-ring (bicyclic) bond motifs is 1. The van der Waals surface area contributed by atoms with E-state index < -0.39 is 0 Å². The largest absolute Gasteiger partial charge is 0.352 e. The Labute approximate surface area is 231 Å². The van der Waals surface area contributed by atoms with Crippen LogP contribution < -0.4 is 16.0 Å². The third-order valence-corrected chi connectivity index (χ3v) is 8.13. The summed E-state index contributed by atoms with van der Waals surface area (Å²) in [5, 5.41) is 5.48. The number of nitrogens with one attached hydrogen (secondary N) is 1. The summed E-state index contributed by atoms with van der Waals surface area (Å²) in [6.07, 6.45) is 9.05. The molecule has 6 rings (SSSR count). The van der Waals surface area contributed by atoms with Gasteiger partial charge in [-0.2, -0.15) is 0 Å². The number of Topliss-reactive ketones (excluding diaryl/α,β-unsaturated/α-hetero) is 1. The Hall–Kier alpha value is -3.26. The number of anilines is 3. The second kappa shape index (κ2) is 10.1. The molecular formula is C29H28Cl2N6O. The molecule has 2 aromatic carbocycles. The summed E-state index contributed by atoms with van der Waals surface area (Å²) >= 11 is 12.9. The zero-order chi connectivity index (χ0) is 26.4. The molecule has 1 saturated carbocycles. The molecule has 1 saturated heterocycles. The fourth-order valence-electron chi connectivity index (χ4n) is 4.96. The molecular weight excluding hydrogens is 519 g/mol. The van der Waals surface area contributed by atoms with E-state index in [1.54, 1.807) is 18.6 Å². The number of nitrogens with two attached hydrogens (primary N) is 1. The first kappa shape index (κ1) is 25.0. The van der Waals surface area contributed by atoms with Gasteiger partial charge in [0.2, 0.25) is 5.95 Å². The van der Waals surface area contributed by atoms with Crippen LogP contribution in [0.1, 0.15) is 41.6 Å². The zero-order valence-electron chi connectivity index (χ0n) is 21.0. The van der Waals surface area contributed by atoms with Gasteiger partial charge < -0.3 is 16.0 Å². The quantitative estimate of drug-likeness (QED) is 0.264. The Balaban J connectivity index is 1.40. The number of hydrogen-bond donors (Lipinski definition) is 2. The number of carbonyl (C=O) groups is 1. The summed E-state index contributed by atoms with van der Waals surface area (Å²) in [7, 11) is 0. The molecule has 2 aromatic heterocycles. The molecule has 1 atom stereocenters. The van der Waals surface area contributed by atoms with Crippen molar-refractivity contribution >= 4 is 57.2 Å². The molecule has 3 N–H and O–H groups in total. The number of aromatic nitrogens is 3. The van der Waals surface area contributed by atoms with Gasteiger partial charge in [-0.3, -0.25) is 9.78 Å². The van der Waals surface area contributed by atoms with E-state index in [-0.39, 0.29) is 17.7 Å². The molecule has 0 spiro atoms. The molecule has 0 bridgehead atoms. The molecule has 3 heterocycles. The van der Waals surface area contributed by atoms with Gasteiger partial charge in [0.1, 0.15) is 0 Å². The summed E-state index contributed by atoms with van der Waals surface area (Å²) in [5.41, 5.74) is 11.5. The molecule has 9 heteroatoms. The van der Waals surface area contributed by atoms with Crippen LogP contribution in [0.5, 0.6) is 0 Å². The highest BCUT2D eigenvalue weighted by Crippen LogP contribution is 2.39. The fraction of sp³-hybridized carbons (Fsp3) is 0.310. The first-order valence-electron chi connectivity index (χ1n) is 12.9. The summed E-state index contributed by atoms with van der Waals surface area (Å²) < 4.78 is 0. The standard InChI is InChI=1S/C29H28Cl2N6O/c1-16-24(30)10-19(11-25(16)31)18-6-7-26-22(9-18)27(23(14-33-26)28(38)17-4-5-17)36-21-12-34-29(35-13-21)37-8-2-3-20(32)15-37/h6-7,9-14,17,20H,2-5,8,15,32H2,1H3,(H,33,36). The molecule has 4 aromatic rings. The molecule has 1 aliphatic heterocycles. The van der Waals surface area contributed by atoms with Crippen LogP contribution in [0.3, 0.4) is 0 Å². The van der Waals surface area contributed by atoms with Gasteiger partial charge in [0.15, 0.2) is 5.78 Å². The summed E-state index contributed by atoms with van der Waals surface area (Å²) in [4.78, 5) is 29.2. The molecule has 194 valence electrons. The van der Waals surface area contributed by atoms with Crippen molar-refractivity contribution < 1.29 is 4.79 Å². The molecule has 1 aliphatic carbocycles. The lowest BCUT2D eigenvalue weighted by Gasteiger charge is -2.30. The Kier molecular flexibility index (Phi) is 6.68. The minimum atomic E-state index is 0.0506. The number of hydrogen-bond acceptors (Lipinski definition) is 7. The predicted octanol–water partition coefficient (Wildman–Crippen LogP) is 6.57. The average Bonchev–Trinajstić information content (AvgIpc) is 3.77. The fourth-order valence-corrected chi connectivity index (χ4v) is 5.44. The number of benzene rings is 2. The molecule has 1 unspecified atom stereocenters. The van der Waals surface area contributed by atoms with E-state index >= 15 is 0 Å². The second-order valence-electron chi connectivity index (χ2n) is 10.2. The van der Waals surface area contributed by atoms with Crippen molar-refractivity contribution in [2.24, 2.45) is 11.7 Å². The molecule has 2 fully saturated rings. The van der Waals surface area contributed by atoms with Crippen molar-refractivity contribution in [1.29, 1.82) is 0 Å².